The SMILES string of the molecule is Cc1ccc([C@H](N)CCN)c(O)c1.Cl. The molecule has 0 fully saturated rings. The van der Waals surface area contributed by atoms with Crippen molar-refractivity contribution in [1.29, 1.82) is 0 Å². The Morgan fingerprint density at radius 2 is 2.07 bits per heavy atom. The van der Waals surface area contributed by atoms with Gasteiger partial charge in [0, 0.05) is 11.6 Å². The fourth-order valence-corrected chi connectivity index (χ4v) is 1.30. The predicted octanol–water partition coefficient (Wildman–Crippen LogP) is 1.47. The van der Waals surface area contributed by atoms with Crippen molar-refractivity contribution in [2.45, 2.75) is 19.4 Å². The van der Waals surface area contributed by atoms with Gasteiger partial charge < -0.3 is 16.6 Å². The summed E-state index contributed by atoms with van der Waals surface area (Å²) in [5.41, 5.74) is 13.0. The van der Waals surface area contributed by atoms with E-state index in [9.17, 15) is 5.11 Å². The van der Waals surface area contributed by atoms with Gasteiger partial charge in [0.25, 0.3) is 0 Å². The first kappa shape index (κ1) is 13.2. The van der Waals surface area contributed by atoms with Crippen molar-refractivity contribution in [2.24, 2.45) is 11.5 Å². The molecule has 0 spiro atoms. The highest BCUT2D eigenvalue weighted by atomic mass is 35.5. The summed E-state index contributed by atoms with van der Waals surface area (Å²) in [6, 6.07) is 5.34. The summed E-state index contributed by atoms with van der Waals surface area (Å²) in [6.07, 6.45) is 0.691. The molecule has 0 aliphatic carbocycles. The number of rotatable bonds is 3. The lowest BCUT2D eigenvalue weighted by molar-refractivity contribution is 0.458. The zero-order valence-corrected chi connectivity index (χ0v) is 9.05. The molecule has 0 aliphatic heterocycles. The summed E-state index contributed by atoms with van der Waals surface area (Å²) in [4.78, 5) is 0. The standard InChI is InChI=1S/C10H16N2O.ClH/c1-7-2-3-8(10(13)6-7)9(12)4-5-11;/h2-3,6,9,13H,4-5,11-12H2,1H3;1H/t9-;/m1./s1. The Hall–Kier alpha value is -0.770. The fraction of sp³-hybridized carbons (Fsp3) is 0.400. The largest absolute Gasteiger partial charge is 0.508 e. The van der Waals surface area contributed by atoms with Crippen molar-refractivity contribution in [1.82, 2.24) is 0 Å². The number of hydrogen-bond acceptors (Lipinski definition) is 3. The number of hydrogen-bond donors (Lipinski definition) is 3. The fourth-order valence-electron chi connectivity index (χ4n) is 1.30. The lowest BCUT2D eigenvalue weighted by atomic mass is 10.0. The molecule has 14 heavy (non-hydrogen) atoms. The Bertz CT molecular complexity index is 291. The van der Waals surface area contributed by atoms with Crippen LogP contribution in [0.4, 0.5) is 0 Å². The first-order valence-electron chi connectivity index (χ1n) is 4.40. The minimum absolute atomic E-state index is 0. The molecule has 0 saturated heterocycles. The third-order valence-electron chi connectivity index (χ3n) is 2.06. The molecule has 0 bridgehead atoms. The minimum Gasteiger partial charge on any atom is -0.508 e. The number of aromatic hydroxyl groups is 1. The van der Waals surface area contributed by atoms with Crippen LogP contribution in [-0.4, -0.2) is 11.7 Å². The topological polar surface area (TPSA) is 72.3 Å². The van der Waals surface area contributed by atoms with E-state index in [1.807, 2.05) is 19.1 Å². The van der Waals surface area contributed by atoms with Gasteiger partial charge in [-0.05, 0) is 31.5 Å². The molecule has 0 aromatic heterocycles. The zero-order chi connectivity index (χ0) is 9.84. The summed E-state index contributed by atoms with van der Waals surface area (Å²) >= 11 is 0. The van der Waals surface area contributed by atoms with Crippen molar-refractivity contribution in [3.8, 4) is 5.75 Å². The molecule has 1 aromatic carbocycles. The summed E-state index contributed by atoms with van der Waals surface area (Å²) in [6.45, 7) is 2.46. The molecule has 0 radical (unpaired) electrons. The molecule has 0 heterocycles. The molecule has 0 aliphatic rings. The van der Waals surface area contributed by atoms with Gasteiger partial charge in [-0.1, -0.05) is 12.1 Å². The van der Waals surface area contributed by atoms with E-state index in [4.69, 9.17) is 11.5 Å². The van der Waals surface area contributed by atoms with Gasteiger partial charge in [0.05, 0.1) is 0 Å². The molecular formula is C10H17ClN2O. The van der Waals surface area contributed by atoms with Crippen molar-refractivity contribution >= 4 is 12.4 Å². The number of nitrogens with two attached hydrogens (primary N) is 2. The molecule has 3 nitrogen and oxygen atoms in total. The Labute approximate surface area is 90.5 Å². The van der Waals surface area contributed by atoms with Gasteiger partial charge in [-0.2, -0.15) is 0 Å². The highest BCUT2D eigenvalue weighted by Crippen LogP contribution is 2.25. The summed E-state index contributed by atoms with van der Waals surface area (Å²) < 4.78 is 0. The normalized spacial score (nSPS) is 11.9. The monoisotopic (exact) mass is 216 g/mol. The van der Waals surface area contributed by atoms with Crippen LogP contribution in [0.1, 0.15) is 23.6 Å². The van der Waals surface area contributed by atoms with E-state index in [2.05, 4.69) is 0 Å². The Morgan fingerprint density at radius 1 is 1.43 bits per heavy atom. The molecule has 1 aromatic rings. The Kier molecular flexibility index (Phi) is 5.53. The maximum absolute atomic E-state index is 9.57. The van der Waals surface area contributed by atoms with E-state index in [1.54, 1.807) is 6.07 Å². The predicted molar refractivity (Wildman–Crippen MR) is 60.7 cm³/mol. The van der Waals surface area contributed by atoms with E-state index in [0.29, 0.717) is 13.0 Å². The second kappa shape index (κ2) is 5.86. The van der Waals surface area contributed by atoms with Gasteiger partial charge in [0.15, 0.2) is 0 Å². The number of aryl methyl sites for hydroxylation is 1. The Morgan fingerprint density at radius 3 is 2.57 bits per heavy atom. The van der Waals surface area contributed by atoms with Gasteiger partial charge >= 0.3 is 0 Å². The minimum atomic E-state index is -0.161. The summed E-state index contributed by atoms with van der Waals surface area (Å²) in [5, 5.41) is 9.57. The molecule has 0 unspecified atom stereocenters. The van der Waals surface area contributed by atoms with Gasteiger partial charge in [-0.15, -0.1) is 12.4 Å². The molecule has 1 atom stereocenters. The van der Waals surface area contributed by atoms with Crippen molar-refractivity contribution in [2.75, 3.05) is 6.54 Å². The number of phenolic OH excluding ortho intramolecular Hbond substituents is 1. The highest BCUT2D eigenvalue weighted by molar-refractivity contribution is 5.85. The van der Waals surface area contributed by atoms with Crippen LogP contribution in [0.5, 0.6) is 5.75 Å². The van der Waals surface area contributed by atoms with Crippen LogP contribution in [0.15, 0.2) is 18.2 Å². The van der Waals surface area contributed by atoms with Crippen LogP contribution in [0.3, 0.4) is 0 Å². The van der Waals surface area contributed by atoms with Crippen LogP contribution in [0, 0.1) is 6.92 Å². The van der Waals surface area contributed by atoms with Crippen LogP contribution < -0.4 is 11.5 Å². The molecule has 1 rings (SSSR count). The molecular weight excluding hydrogens is 200 g/mol. The molecule has 80 valence electrons. The summed E-state index contributed by atoms with van der Waals surface area (Å²) in [5.74, 6) is 0.265. The lowest BCUT2D eigenvalue weighted by Crippen LogP contribution is -2.15. The maximum Gasteiger partial charge on any atom is 0.120 e. The number of benzene rings is 1. The smallest absolute Gasteiger partial charge is 0.120 e. The lowest BCUT2D eigenvalue weighted by Gasteiger charge is -2.12. The average molecular weight is 217 g/mol. The van der Waals surface area contributed by atoms with E-state index in [1.165, 1.54) is 0 Å². The van der Waals surface area contributed by atoms with E-state index < -0.39 is 0 Å². The van der Waals surface area contributed by atoms with Crippen molar-refractivity contribution in [3.05, 3.63) is 29.3 Å². The number of phenols is 1. The van der Waals surface area contributed by atoms with E-state index in [0.717, 1.165) is 11.1 Å². The third kappa shape index (κ3) is 3.18. The molecule has 4 heteroatoms. The first-order chi connectivity index (χ1) is 6.15. The van der Waals surface area contributed by atoms with E-state index >= 15 is 0 Å². The first-order valence-corrected chi connectivity index (χ1v) is 4.40. The third-order valence-corrected chi connectivity index (χ3v) is 2.06. The summed E-state index contributed by atoms with van der Waals surface area (Å²) in [7, 11) is 0. The van der Waals surface area contributed by atoms with Gasteiger partial charge in [-0.25, -0.2) is 0 Å². The van der Waals surface area contributed by atoms with Crippen molar-refractivity contribution < 1.29 is 5.11 Å². The average Bonchev–Trinajstić information content (AvgIpc) is 2.04. The van der Waals surface area contributed by atoms with Crippen molar-refractivity contribution in [3.63, 3.8) is 0 Å². The molecule has 5 N–H and O–H groups in total. The van der Waals surface area contributed by atoms with Gasteiger partial charge in [0.2, 0.25) is 0 Å². The van der Waals surface area contributed by atoms with E-state index in [-0.39, 0.29) is 24.2 Å². The van der Waals surface area contributed by atoms with Crippen LogP contribution in [-0.2, 0) is 0 Å². The zero-order valence-electron chi connectivity index (χ0n) is 8.23. The highest BCUT2D eigenvalue weighted by Gasteiger charge is 2.09. The Balaban J connectivity index is 0.00000169. The van der Waals surface area contributed by atoms with Crippen LogP contribution in [0.2, 0.25) is 0 Å². The molecule has 0 saturated carbocycles. The second-order valence-corrected chi connectivity index (χ2v) is 3.25. The second-order valence-electron chi connectivity index (χ2n) is 3.25. The maximum atomic E-state index is 9.57. The number of halogens is 1. The molecule has 0 amide bonds. The van der Waals surface area contributed by atoms with Gasteiger partial charge in [0.1, 0.15) is 5.75 Å². The van der Waals surface area contributed by atoms with Crippen LogP contribution in [0.25, 0.3) is 0 Å². The van der Waals surface area contributed by atoms with Gasteiger partial charge in [-0.3, -0.25) is 0 Å². The quantitative estimate of drug-likeness (QED) is 0.717. The van der Waals surface area contributed by atoms with Crippen LogP contribution >= 0.6 is 12.4 Å².